The monoisotopic (exact) mass is 341 g/mol. The average molecular weight is 342 g/mol. The highest BCUT2D eigenvalue weighted by Crippen LogP contribution is 2.17. The van der Waals surface area contributed by atoms with Crippen LogP contribution in [0.5, 0.6) is 0 Å². The van der Waals surface area contributed by atoms with Crippen molar-refractivity contribution in [2.24, 2.45) is 5.10 Å². The molecule has 5 nitrogen and oxygen atoms in total. The van der Waals surface area contributed by atoms with E-state index >= 15 is 0 Å². The summed E-state index contributed by atoms with van der Waals surface area (Å²) in [7, 11) is 0. The van der Waals surface area contributed by atoms with Crippen LogP contribution in [-0.4, -0.2) is 29.0 Å². The number of hydrogen-bond donors (Lipinski definition) is 3. The summed E-state index contributed by atoms with van der Waals surface area (Å²) in [6.07, 6.45) is 16.7. The van der Waals surface area contributed by atoms with E-state index in [-0.39, 0.29) is 5.91 Å². The molecule has 0 bridgehead atoms. The van der Waals surface area contributed by atoms with Crippen LogP contribution in [0.2, 0.25) is 0 Å². The highest BCUT2D eigenvalue weighted by molar-refractivity contribution is 7.99. The maximum Gasteiger partial charge on any atom is 0.316 e. The minimum atomic E-state index is -0.543. The highest BCUT2D eigenvalue weighted by Gasteiger charge is 2.40. The van der Waals surface area contributed by atoms with Crippen LogP contribution in [0.1, 0.15) is 77.6 Å². The van der Waals surface area contributed by atoms with E-state index in [0.717, 1.165) is 0 Å². The zero-order chi connectivity index (χ0) is 16.5. The first kappa shape index (κ1) is 18.6. The molecule has 23 heavy (non-hydrogen) atoms. The Morgan fingerprint density at radius 1 is 1.04 bits per heavy atom. The Hall–Kier alpha value is -0.750. The maximum absolute atomic E-state index is 12.0. The Kier molecular flexibility index (Phi) is 7.70. The Bertz CT molecular complexity index is 403. The molecule has 132 valence electrons. The SMILES string of the molecule is CS[C@]1([NH2+]C2CCCCCCCCCCC2)NN=C(C)C(=O)N1. The second-order valence-corrected chi connectivity index (χ2v) is 7.94. The van der Waals surface area contributed by atoms with Crippen LogP contribution < -0.4 is 16.1 Å². The van der Waals surface area contributed by atoms with Crippen molar-refractivity contribution in [3.63, 3.8) is 0 Å². The molecule has 4 N–H and O–H groups in total. The highest BCUT2D eigenvalue weighted by atomic mass is 32.2. The number of carbonyl (C=O) groups is 1. The molecule has 1 saturated carbocycles. The number of amides is 1. The fraction of sp³-hybridized carbons (Fsp3) is 0.882. The molecule has 6 heteroatoms. The summed E-state index contributed by atoms with van der Waals surface area (Å²) < 4.78 is 0. The van der Waals surface area contributed by atoms with E-state index in [4.69, 9.17) is 0 Å². The van der Waals surface area contributed by atoms with E-state index in [0.29, 0.717) is 11.8 Å². The van der Waals surface area contributed by atoms with Gasteiger partial charge in [-0.3, -0.25) is 15.4 Å². The van der Waals surface area contributed by atoms with E-state index in [1.807, 2.05) is 6.26 Å². The van der Waals surface area contributed by atoms with Crippen LogP contribution in [0.3, 0.4) is 0 Å². The molecule has 0 aromatic rings. The first-order chi connectivity index (χ1) is 11.2. The fourth-order valence-electron chi connectivity index (χ4n) is 3.44. The van der Waals surface area contributed by atoms with Gasteiger partial charge in [0.1, 0.15) is 5.71 Å². The summed E-state index contributed by atoms with van der Waals surface area (Å²) in [6.45, 7) is 1.74. The summed E-state index contributed by atoms with van der Waals surface area (Å²) in [6, 6.07) is 0.545. The van der Waals surface area contributed by atoms with Crippen molar-refractivity contribution >= 4 is 23.4 Å². The molecule has 0 aromatic heterocycles. The van der Waals surface area contributed by atoms with Crippen molar-refractivity contribution in [2.45, 2.75) is 88.7 Å². The molecule has 1 atom stereocenters. The minimum absolute atomic E-state index is 0.0671. The summed E-state index contributed by atoms with van der Waals surface area (Å²) >= 11 is 1.62. The lowest BCUT2D eigenvalue weighted by atomic mass is 9.98. The molecular formula is C17H33N4OS+. The molecule has 1 heterocycles. The third kappa shape index (κ3) is 5.99. The Morgan fingerprint density at radius 3 is 2.04 bits per heavy atom. The van der Waals surface area contributed by atoms with Gasteiger partial charge in [0.25, 0.3) is 5.91 Å². The van der Waals surface area contributed by atoms with Crippen LogP contribution in [0, 0.1) is 0 Å². The number of thioether (sulfide) groups is 1. The smallest absolute Gasteiger partial charge is 0.293 e. The lowest BCUT2D eigenvalue weighted by molar-refractivity contribution is -0.744. The van der Waals surface area contributed by atoms with Gasteiger partial charge in [-0.15, -0.1) is 0 Å². The molecule has 1 aliphatic heterocycles. The van der Waals surface area contributed by atoms with Gasteiger partial charge in [-0.05, 0) is 50.6 Å². The second-order valence-electron chi connectivity index (χ2n) is 6.89. The van der Waals surface area contributed by atoms with Gasteiger partial charge in [0, 0.05) is 0 Å². The van der Waals surface area contributed by atoms with Gasteiger partial charge >= 0.3 is 5.12 Å². The van der Waals surface area contributed by atoms with E-state index in [2.05, 4.69) is 21.2 Å². The molecule has 0 saturated heterocycles. The van der Waals surface area contributed by atoms with Crippen LogP contribution in [-0.2, 0) is 4.79 Å². The fourth-order valence-corrected chi connectivity index (χ4v) is 4.10. The van der Waals surface area contributed by atoms with Gasteiger partial charge in [0.05, 0.1) is 6.04 Å². The molecule has 2 aliphatic rings. The Balaban J connectivity index is 1.94. The van der Waals surface area contributed by atoms with E-state index in [1.54, 1.807) is 18.7 Å². The largest absolute Gasteiger partial charge is 0.316 e. The Labute approximate surface area is 144 Å². The lowest BCUT2D eigenvalue weighted by Gasteiger charge is -2.35. The topological polar surface area (TPSA) is 70.1 Å². The van der Waals surface area contributed by atoms with Crippen LogP contribution in [0.15, 0.2) is 5.10 Å². The average Bonchev–Trinajstić information content (AvgIpc) is 2.54. The molecule has 1 aliphatic carbocycles. The van der Waals surface area contributed by atoms with E-state index < -0.39 is 5.12 Å². The van der Waals surface area contributed by atoms with Crippen molar-refractivity contribution in [3.8, 4) is 0 Å². The second kappa shape index (κ2) is 9.52. The minimum Gasteiger partial charge on any atom is -0.293 e. The number of hydrogen-bond acceptors (Lipinski definition) is 4. The molecule has 0 radical (unpaired) electrons. The number of nitrogens with two attached hydrogens (primary N) is 1. The summed E-state index contributed by atoms with van der Waals surface area (Å²) in [5.74, 6) is -0.0671. The number of hydrazone groups is 1. The zero-order valence-corrected chi connectivity index (χ0v) is 15.5. The molecule has 0 unspecified atom stereocenters. The summed E-state index contributed by atoms with van der Waals surface area (Å²) in [5.41, 5.74) is 3.66. The molecular weight excluding hydrogens is 308 g/mol. The first-order valence-electron chi connectivity index (χ1n) is 9.20. The maximum atomic E-state index is 12.0. The van der Waals surface area contributed by atoms with Crippen LogP contribution in [0.25, 0.3) is 0 Å². The molecule has 1 fully saturated rings. The number of carbonyl (C=O) groups excluding carboxylic acids is 1. The van der Waals surface area contributed by atoms with E-state index in [9.17, 15) is 4.79 Å². The van der Waals surface area contributed by atoms with Gasteiger partial charge in [0.15, 0.2) is 0 Å². The van der Waals surface area contributed by atoms with Gasteiger partial charge in [-0.2, -0.15) is 5.10 Å². The standard InChI is InChI=1S/C17H32N4OS/c1-14-16(22)19-17(23-2,21-20-14)18-15-12-10-8-6-4-3-5-7-9-11-13-15/h15,18,21H,3-13H2,1-2H3,(H,19,22)/p+1/t17-/m0/s1. The van der Waals surface area contributed by atoms with E-state index in [1.165, 1.54) is 70.6 Å². The van der Waals surface area contributed by atoms with Crippen molar-refractivity contribution in [1.82, 2.24) is 10.7 Å². The molecule has 0 aromatic carbocycles. The molecule has 0 spiro atoms. The number of quaternary nitrogens is 1. The summed E-state index contributed by atoms with van der Waals surface area (Å²) in [4.78, 5) is 12.0. The summed E-state index contributed by atoms with van der Waals surface area (Å²) in [5, 5.41) is 9.06. The van der Waals surface area contributed by atoms with Gasteiger partial charge in [-0.25, -0.2) is 5.43 Å². The zero-order valence-electron chi connectivity index (χ0n) is 14.7. The number of rotatable bonds is 3. The normalized spacial score (nSPS) is 28.8. The number of nitrogens with one attached hydrogen (secondary N) is 2. The predicted octanol–water partition coefficient (Wildman–Crippen LogP) is 2.29. The third-order valence-corrected chi connectivity index (χ3v) is 5.93. The van der Waals surface area contributed by atoms with Crippen molar-refractivity contribution in [1.29, 1.82) is 0 Å². The van der Waals surface area contributed by atoms with Gasteiger partial charge < -0.3 is 0 Å². The van der Waals surface area contributed by atoms with Crippen molar-refractivity contribution < 1.29 is 10.1 Å². The van der Waals surface area contributed by atoms with Crippen LogP contribution >= 0.6 is 11.8 Å². The molecule has 1 amide bonds. The molecule has 2 rings (SSSR count). The Morgan fingerprint density at radius 2 is 1.57 bits per heavy atom. The van der Waals surface area contributed by atoms with Gasteiger partial charge in [-0.1, -0.05) is 44.9 Å². The van der Waals surface area contributed by atoms with Crippen LogP contribution in [0.4, 0.5) is 0 Å². The number of nitrogens with zero attached hydrogens (tertiary/aromatic N) is 1. The predicted molar refractivity (Wildman–Crippen MR) is 97.1 cm³/mol. The van der Waals surface area contributed by atoms with Crippen molar-refractivity contribution in [2.75, 3.05) is 6.26 Å². The van der Waals surface area contributed by atoms with Gasteiger partial charge in [0.2, 0.25) is 0 Å². The quantitative estimate of drug-likeness (QED) is 0.690. The van der Waals surface area contributed by atoms with Crippen molar-refractivity contribution in [3.05, 3.63) is 0 Å². The third-order valence-electron chi connectivity index (χ3n) is 4.96. The first-order valence-corrected chi connectivity index (χ1v) is 10.4. The lowest BCUT2D eigenvalue weighted by Crippen LogP contribution is -3.07.